The molecule has 0 aliphatic carbocycles. The number of benzene rings is 1. The standard InChI is InChI=1S/C15H12N2O5S/c18-13-2-1-9-16(13)10-3-5-11(6-4-10)22-15(19)12-7-8-14(23-12)17(20)21/h3-8H,1-2,9H2. The van der Waals surface area contributed by atoms with E-state index in [1.807, 2.05) is 0 Å². The molecule has 0 saturated carbocycles. The molecular weight excluding hydrogens is 320 g/mol. The number of hydrogen-bond acceptors (Lipinski definition) is 6. The number of hydrogen-bond donors (Lipinski definition) is 0. The quantitative estimate of drug-likeness (QED) is 0.371. The summed E-state index contributed by atoms with van der Waals surface area (Å²) >= 11 is 0.766. The van der Waals surface area contributed by atoms with Crippen LogP contribution >= 0.6 is 11.3 Å². The number of rotatable bonds is 4. The number of ether oxygens (including phenoxy) is 1. The first kappa shape index (κ1) is 15.2. The molecule has 0 radical (unpaired) electrons. The lowest BCUT2D eigenvalue weighted by molar-refractivity contribution is -0.380. The van der Waals surface area contributed by atoms with Gasteiger partial charge in [-0.1, -0.05) is 11.3 Å². The van der Waals surface area contributed by atoms with E-state index in [-0.39, 0.29) is 15.8 Å². The molecule has 1 saturated heterocycles. The number of amides is 1. The summed E-state index contributed by atoms with van der Waals surface area (Å²) < 4.78 is 5.18. The highest BCUT2D eigenvalue weighted by atomic mass is 32.1. The molecule has 118 valence electrons. The van der Waals surface area contributed by atoms with Crippen LogP contribution in [0.3, 0.4) is 0 Å². The number of anilines is 1. The average molecular weight is 332 g/mol. The lowest BCUT2D eigenvalue weighted by atomic mass is 10.3. The fourth-order valence-electron chi connectivity index (χ4n) is 2.31. The topological polar surface area (TPSA) is 89.8 Å². The molecular formula is C15H12N2O5S. The lowest BCUT2D eigenvalue weighted by Crippen LogP contribution is -2.23. The van der Waals surface area contributed by atoms with Gasteiger partial charge in [0, 0.05) is 24.7 Å². The number of carbonyl (C=O) groups excluding carboxylic acids is 2. The maximum Gasteiger partial charge on any atom is 0.353 e. The summed E-state index contributed by atoms with van der Waals surface area (Å²) in [6, 6.07) is 9.25. The van der Waals surface area contributed by atoms with Crippen molar-refractivity contribution in [2.75, 3.05) is 11.4 Å². The normalized spacial score (nSPS) is 14.1. The minimum absolute atomic E-state index is 0.0839. The molecule has 1 aliphatic rings. The van der Waals surface area contributed by atoms with E-state index in [9.17, 15) is 19.7 Å². The van der Waals surface area contributed by atoms with E-state index in [1.54, 1.807) is 29.2 Å². The van der Waals surface area contributed by atoms with Gasteiger partial charge in [-0.25, -0.2) is 4.79 Å². The van der Waals surface area contributed by atoms with Crippen molar-refractivity contribution in [1.82, 2.24) is 0 Å². The molecule has 0 atom stereocenters. The molecule has 1 aromatic carbocycles. The fraction of sp³-hybridized carbons (Fsp3) is 0.200. The van der Waals surface area contributed by atoms with Crippen molar-refractivity contribution in [2.45, 2.75) is 12.8 Å². The van der Waals surface area contributed by atoms with Gasteiger partial charge in [-0.05, 0) is 36.8 Å². The zero-order valence-electron chi connectivity index (χ0n) is 11.9. The van der Waals surface area contributed by atoms with Crippen molar-refractivity contribution < 1.29 is 19.2 Å². The van der Waals surface area contributed by atoms with Crippen molar-refractivity contribution in [3.63, 3.8) is 0 Å². The van der Waals surface area contributed by atoms with Crippen LogP contribution in [0.5, 0.6) is 5.75 Å². The number of esters is 1. The second-order valence-corrected chi connectivity index (χ2v) is 5.99. The highest BCUT2D eigenvalue weighted by molar-refractivity contribution is 7.17. The van der Waals surface area contributed by atoms with Crippen molar-refractivity contribution in [3.05, 3.63) is 51.4 Å². The van der Waals surface area contributed by atoms with E-state index in [2.05, 4.69) is 0 Å². The lowest BCUT2D eigenvalue weighted by Gasteiger charge is -2.15. The molecule has 3 rings (SSSR count). The Morgan fingerprint density at radius 2 is 1.96 bits per heavy atom. The summed E-state index contributed by atoms with van der Waals surface area (Å²) in [5, 5.41) is 10.5. The molecule has 2 aromatic rings. The summed E-state index contributed by atoms with van der Waals surface area (Å²) in [5.41, 5.74) is 0.763. The van der Waals surface area contributed by atoms with E-state index in [4.69, 9.17) is 4.74 Å². The van der Waals surface area contributed by atoms with Gasteiger partial charge in [-0.3, -0.25) is 14.9 Å². The summed E-state index contributed by atoms with van der Waals surface area (Å²) in [6.07, 6.45) is 1.39. The van der Waals surface area contributed by atoms with Gasteiger partial charge in [0.1, 0.15) is 10.6 Å². The van der Waals surface area contributed by atoms with Crippen molar-refractivity contribution in [2.24, 2.45) is 0 Å². The SMILES string of the molecule is O=C(Oc1ccc(N2CCCC2=O)cc1)c1ccc([N+](=O)[O-])s1. The van der Waals surface area contributed by atoms with Crippen LogP contribution < -0.4 is 9.64 Å². The smallest absolute Gasteiger partial charge is 0.353 e. The Labute approximate surface area is 135 Å². The van der Waals surface area contributed by atoms with Gasteiger partial charge >= 0.3 is 11.0 Å². The Morgan fingerprint density at radius 1 is 1.22 bits per heavy atom. The van der Waals surface area contributed by atoms with Gasteiger partial charge in [0.25, 0.3) is 0 Å². The van der Waals surface area contributed by atoms with Crippen LogP contribution in [0, 0.1) is 10.1 Å². The highest BCUT2D eigenvalue weighted by Gasteiger charge is 2.22. The molecule has 0 N–H and O–H groups in total. The first-order valence-electron chi connectivity index (χ1n) is 6.91. The molecule has 23 heavy (non-hydrogen) atoms. The van der Waals surface area contributed by atoms with Crippen molar-refractivity contribution in [1.29, 1.82) is 0 Å². The van der Waals surface area contributed by atoms with Gasteiger partial charge in [0.2, 0.25) is 5.91 Å². The van der Waals surface area contributed by atoms with Gasteiger partial charge in [-0.15, -0.1) is 0 Å². The summed E-state index contributed by atoms with van der Waals surface area (Å²) in [4.78, 5) is 35.5. The first-order chi connectivity index (χ1) is 11.0. The van der Waals surface area contributed by atoms with Crippen LogP contribution in [0.4, 0.5) is 10.7 Å². The maximum atomic E-state index is 11.9. The predicted octanol–water partition coefficient (Wildman–Crippen LogP) is 3.00. The minimum atomic E-state index is -0.645. The minimum Gasteiger partial charge on any atom is -0.422 e. The highest BCUT2D eigenvalue weighted by Crippen LogP contribution is 2.27. The Hall–Kier alpha value is -2.74. The van der Waals surface area contributed by atoms with Crippen molar-refractivity contribution >= 4 is 33.9 Å². The van der Waals surface area contributed by atoms with Crippen LogP contribution in [0.2, 0.25) is 0 Å². The molecule has 2 heterocycles. The van der Waals surface area contributed by atoms with Crippen LogP contribution in [-0.4, -0.2) is 23.3 Å². The molecule has 7 nitrogen and oxygen atoms in total. The Kier molecular flexibility index (Phi) is 4.07. The first-order valence-corrected chi connectivity index (χ1v) is 7.73. The molecule has 0 bridgehead atoms. The number of thiophene rings is 1. The maximum absolute atomic E-state index is 11.9. The van der Waals surface area contributed by atoms with Crippen LogP contribution in [0.1, 0.15) is 22.5 Å². The molecule has 0 unspecified atom stereocenters. The van der Waals surface area contributed by atoms with E-state index >= 15 is 0 Å². The van der Waals surface area contributed by atoms with Crippen LogP contribution in [0.25, 0.3) is 0 Å². The zero-order chi connectivity index (χ0) is 16.4. The van der Waals surface area contributed by atoms with E-state index in [0.29, 0.717) is 18.7 Å². The van der Waals surface area contributed by atoms with Crippen molar-refractivity contribution in [3.8, 4) is 5.75 Å². The largest absolute Gasteiger partial charge is 0.422 e. The Bertz CT molecular complexity index is 768. The van der Waals surface area contributed by atoms with Crippen LogP contribution in [0.15, 0.2) is 36.4 Å². The van der Waals surface area contributed by atoms with E-state index in [0.717, 1.165) is 23.4 Å². The third kappa shape index (κ3) is 3.21. The third-order valence-electron chi connectivity index (χ3n) is 3.41. The van der Waals surface area contributed by atoms with E-state index < -0.39 is 10.9 Å². The van der Waals surface area contributed by atoms with Gasteiger partial charge in [-0.2, -0.15) is 0 Å². The summed E-state index contributed by atoms with van der Waals surface area (Å²) in [6.45, 7) is 0.691. The Balaban J connectivity index is 1.68. The van der Waals surface area contributed by atoms with Gasteiger partial charge in [0.15, 0.2) is 0 Å². The van der Waals surface area contributed by atoms with Gasteiger partial charge in [0.05, 0.1) is 4.92 Å². The molecule has 1 fully saturated rings. The average Bonchev–Trinajstić information content (AvgIpc) is 3.17. The summed E-state index contributed by atoms with van der Waals surface area (Å²) in [7, 11) is 0. The van der Waals surface area contributed by atoms with Crippen LogP contribution in [-0.2, 0) is 4.79 Å². The van der Waals surface area contributed by atoms with Gasteiger partial charge < -0.3 is 9.64 Å². The fourth-order valence-corrected chi connectivity index (χ4v) is 3.01. The molecule has 1 aliphatic heterocycles. The second kappa shape index (κ2) is 6.17. The third-order valence-corrected chi connectivity index (χ3v) is 4.42. The monoisotopic (exact) mass is 332 g/mol. The Morgan fingerprint density at radius 3 is 2.52 bits per heavy atom. The number of nitrogens with zero attached hydrogens (tertiary/aromatic N) is 2. The van der Waals surface area contributed by atoms with E-state index in [1.165, 1.54) is 12.1 Å². The summed E-state index contributed by atoms with van der Waals surface area (Å²) in [5.74, 6) is -0.241. The number of nitro groups is 1. The molecule has 0 spiro atoms. The zero-order valence-corrected chi connectivity index (χ0v) is 12.7. The molecule has 1 aromatic heterocycles. The number of carbonyl (C=O) groups is 2. The molecule has 1 amide bonds. The predicted molar refractivity (Wildman–Crippen MR) is 84.0 cm³/mol. The molecule has 8 heteroatoms. The second-order valence-electron chi connectivity index (χ2n) is 4.93.